The molecule has 0 aromatic heterocycles. The van der Waals surface area contributed by atoms with Crippen LogP contribution in [0.2, 0.25) is 0 Å². The van der Waals surface area contributed by atoms with Crippen molar-refractivity contribution < 1.29 is 37.3 Å². The van der Waals surface area contributed by atoms with Crippen LogP contribution >= 0.6 is 7.82 Å². The van der Waals surface area contributed by atoms with E-state index in [2.05, 4.69) is 38.2 Å². The van der Waals surface area contributed by atoms with E-state index in [0.29, 0.717) is 24.1 Å². The second-order valence-electron chi connectivity index (χ2n) is 15.7. The minimum atomic E-state index is -4.27. The molecule has 0 saturated heterocycles. The first-order valence-electron chi connectivity index (χ1n) is 21.6. The molecule has 0 saturated carbocycles. The van der Waals surface area contributed by atoms with Crippen LogP contribution in [-0.4, -0.2) is 75.6 Å². The number of carbonyl (C=O) groups is 1. The Hall–Kier alpha value is -1.02. The highest BCUT2D eigenvalue weighted by molar-refractivity contribution is 7.47. The molecule has 0 amide bonds. The summed E-state index contributed by atoms with van der Waals surface area (Å²) >= 11 is 0. The number of ether oxygens (including phenoxy) is 2. The molecular weight excluding hydrogens is 673 g/mol. The highest BCUT2D eigenvalue weighted by atomic mass is 31.2. The Bertz CT molecular complexity index is 889. The summed E-state index contributed by atoms with van der Waals surface area (Å²) < 4.78 is 34.9. The summed E-state index contributed by atoms with van der Waals surface area (Å²) in [7, 11) is 1.67. The van der Waals surface area contributed by atoms with Gasteiger partial charge in [-0.3, -0.25) is 13.8 Å². The van der Waals surface area contributed by atoms with E-state index in [9.17, 15) is 14.3 Å². The number of quaternary nitrogens is 1. The number of nitrogens with zero attached hydrogens (tertiary/aromatic N) is 1. The summed E-state index contributed by atoms with van der Waals surface area (Å²) in [5.74, 6) is -0.316. The predicted octanol–water partition coefficient (Wildman–Crippen LogP) is 12.4. The van der Waals surface area contributed by atoms with Crippen LogP contribution in [0.5, 0.6) is 0 Å². The number of hydrogen-bond acceptors (Lipinski definition) is 6. The van der Waals surface area contributed by atoms with Crippen LogP contribution in [0.1, 0.15) is 187 Å². The van der Waals surface area contributed by atoms with E-state index in [-0.39, 0.29) is 25.8 Å². The van der Waals surface area contributed by atoms with Gasteiger partial charge in [0.1, 0.15) is 19.3 Å². The molecular formula is C43H85NO7P+. The van der Waals surface area contributed by atoms with Crippen LogP contribution in [0.3, 0.4) is 0 Å². The second kappa shape index (κ2) is 36.9. The molecule has 0 aliphatic carbocycles. The van der Waals surface area contributed by atoms with Crippen molar-refractivity contribution in [3.05, 3.63) is 24.3 Å². The topological polar surface area (TPSA) is 91.3 Å². The number of hydrogen-bond donors (Lipinski definition) is 1. The van der Waals surface area contributed by atoms with Crippen molar-refractivity contribution in [2.75, 3.05) is 54.1 Å². The van der Waals surface area contributed by atoms with Gasteiger partial charge in [0.25, 0.3) is 0 Å². The molecule has 0 heterocycles. The number of likely N-dealkylation sites (N-methyl/N-ethyl adjacent to an activating group) is 1. The van der Waals surface area contributed by atoms with Crippen LogP contribution in [0.25, 0.3) is 0 Å². The third kappa shape index (κ3) is 40.2. The number of phosphoric ester groups is 1. The highest BCUT2D eigenvalue weighted by Crippen LogP contribution is 2.43. The molecule has 0 aromatic carbocycles. The maximum absolute atomic E-state index is 12.6. The molecule has 52 heavy (non-hydrogen) atoms. The number of unbranched alkanes of at least 4 members (excludes halogenated alkanes) is 22. The van der Waals surface area contributed by atoms with Crippen LogP contribution in [0, 0.1) is 0 Å². The lowest BCUT2D eigenvalue weighted by atomic mass is 10.1. The number of carbonyl (C=O) groups excluding carboxylic acids is 1. The monoisotopic (exact) mass is 759 g/mol. The van der Waals surface area contributed by atoms with Gasteiger partial charge in [-0.1, -0.05) is 160 Å². The molecule has 0 aromatic rings. The van der Waals surface area contributed by atoms with Crippen molar-refractivity contribution in [2.45, 2.75) is 193 Å². The minimum Gasteiger partial charge on any atom is -0.457 e. The minimum absolute atomic E-state index is 0.0891. The van der Waals surface area contributed by atoms with E-state index in [1.807, 2.05) is 21.1 Å². The standard InChI is InChI=1S/C43H84NO7P/c1-6-8-10-12-14-16-18-19-20-21-22-23-24-25-27-29-31-33-35-38-48-40-42(41-50-52(46,47)49-39-37-44(3,4)5)51-43(45)36-34-32-30-28-26-17-15-13-11-9-7-2/h16,18,20-21,42H,6-15,17,19,22-41H2,1-5H3/p+1/b18-16-,21-20-. The van der Waals surface area contributed by atoms with Crippen LogP contribution in [-0.2, 0) is 27.9 Å². The molecule has 2 atom stereocenters. The zero-order chi connectivity index (χ0) is 38.4. The smallest absolute Gasteiger partial charge is 0.457 e. The molecule has 9 heteroatoms. The molecule has 0 fully saturated rings. The normalized spacial score (nSPS) is 14.0. The van der Waals surface area contributed by atoms with Gasteiger partial charge in [-0.15, -0.1) is 0 Å². The molecule has 0 aliphatic heterocycles. The third-order valence-corrected chi connectivity index (χ3v) is 10.2. The Balaban J connectivity index is 4.19. The Morgan fingerprint density at radius 1 is 0.596 bits per heavy atom. The van der Waals surface area contributed by atoms with Crippen molar-refractivity contribution >= 4 is 13.8 Å². The Labute approximate surface area is 322 Å². The van der Waals surface area contributed by atoms with E-state index < -0.39 is 13.9 Å². The average Bonchev–Trinajstić information content (AvgIpc) is 3.09. The lowest BCUT2D eigenvalue weighted by Gasteiger charge is -2.24. The van der Waals surface area contributed by atoms with E-state index in [0.717, 1.165) is 38.5 Å². The fraction of sp³-hybridized carbons (Fsp3) is 0.884. The molecule has 2 unspecified atom stereocenters. The molecule has 308 valence electrons. The van der Waals surface area contributed by atoms with Crippen LogP contribution < -0.4 is 0 Å². The molecule has 0 spiro atoms. The molecule has 8 nitrogen and oxygen atoms in total. The summed E-state index contributed by atoms with van der Waals surface area (Å²) in [5, 5.41) is 0. The van der Waals surface area contributed by atoms with Gasteiger partial charge < -0.3 is 18.9 Å². The van der Waals surface area contributed by atoms with Gasteiger partial charge in [-0.25, -0.2) is 4.57 Å². The summed E-state index contributed by atoms with van der Waals surface area (Å²) in [5.41, 5.74) is 0. The summed E-state index contributed by atoms with van der Waals surface area (Å²) in [6.07, 6.45) is 40.6. The van der Waals surface area contributed by atoms with Gasteiger partial charge >= 0.3 is 13.8 Å². The van der Waals surface area contributed by atoms with Crippen molar-refractivity contribution in [3.63, 3.8) is 0 Å². The zero-order valence-corrected chi connectivity index (χ0v) is 35.7. The van der Waals surface area contributed by atoms with Crippen LogP contribution in [0.15, 0.2) is 24.3 Å². The first-order chi connectivity index (χ1) is 25.1. The van der Waals surface area contributed by atoms with Crippen LogP contribution in [0.4, 0.5) is 0 Å². The van der Waals surface area contributed by atoms with E-state index in [4.69, 9.17) is 18.5 Å². The summed E-state index contributed by atoms with van der Waals surface area (Å²) in [4.78, 5) is 22.8. The van der Waals surface area contributed by atoms with Crippen molar-refractivity contribution in [2.24, 2.45) is 0 Å². The third-order valence-electron chi connectivity index (χ3n) is 9.27. The Morgan fingerprint density at radius 3 is 1.58 bits per heavy atom. The fourth-order valence-corrected chi connectivity index (χ4v) is 6.62. The maximum Gasteiger partial charge on any atom is 0.472 e. The summed E-state index contributed by atoms with van der Waals surface area (Å²) in [6, 6.07) is 0. The summed E-state index contributed by atoms with van der Waals surface area (Å²) in [6.45, 7) is 5.60. The van der Waals surface area contributed by atoms with E-state index in [1.165, 1.54) is 128 Å². The van der Waals surface area contributed by atoms with Gasteiger partial charge in [0, 0.05) is 13.0 Å². The van der Waals surface area contributed by atoms with Crippen molar-refractivity contribution in [1.82, 2.24) is 0 Å². The second-order valence-corrected chi connectivity index (χ2v) is 17.2. The Morgan fingerprint density at radius 2 is 1.06 bits per heavy atom. The number of allylic oxidation sites excluding steroid dienone is 4. The first kappa shape index (κ1) is 51.0. The molecule has 0 rings (SSSR count). The van der Waals surface area contributed by atoms with Gasteiger partial charge in [-0.05, 0) is 44.9 Å². The zero-order valence-electron chi connectivity index (χ0n) is 34.8. The lowest BCUT2D eigenvalue weighted by molar-refractivity contribution is -0.870. The van der Waals surface area contributed by atoms with Crippen molar-refractivity contribution in [1.29, 1.82) is 0 Å². The van der Waals surface area contributed by atoms with Gasteiger partial charge in [0.15, 0.2) is 0 Å². The fourth-order valence-electron chi connectivity index (χ4n) is 5.88. The molecule has 1 N–H and O–H groups in total. The number of phosphoric acid groups is 1. The molecule has 0 radical (unpaired) electrons. The van der Waals surface area contributed by atoms with E-state index in [1.54, 1.807) is 0 Å². The lowest BCUT2D eigenvalue weighted by Crippen LogP contribution is -2.37. The largest absolute Gasteiger partial charge is 0.472 e. The molecule has 0 aliphatic rings. The van der Waals surface area contributed by atoms with E-state index >= 15 is 0 Å². The highest BCUT2D eigenvalue weighted by Gasteiger charge is 2.26. The quantitative estimate of drug-likeness (QED) is 0.0219. The first-order valence-corrected chi connectivity index (χ1v) is 23.1. The van der Waals surface area contributed by atoms with Crippen molar-refractivity contribution in [3.8, 4) is 0 Å². The predicted molar refractivity (Wildman–Crippen MR) is 220 cm³/mol. The number of rotatable bonds is 40. The van der Waals surface area contributed by atoms with Gasteiger partial charge in [-0.2, -0.15) is 0 Å². The maximum atomic E-state index is 12.6. The SMILES string of the molecule is CCCCCC/C=C\C/C=C\CCCCCCCCCCOCC(COP(=O)(O)OCC[N+](C)(C)C)OC(=O)CCCCCCCCCCCCC. The Kier molecular flexibility index (Phi) is 36.2. The van der Waals surface area contributed by atoms with Gasteiger partial charge in [0.2, 0.25) is 0 Å². The number of esters is 1. The average molecular weight is 759 g/mol. The van der Waals surface area contributed by atoms with Gasteiger partial charge in [0.05, 0.1) is 34.4 Å². The molecule has 0 bridgehead atoms.